The number of allylic oxidation sites excluding steroid dienone is 2. The van der Waals surface area contributed by atoms with Crippen molar-refractivity contribution in [2.45, 2.75) is 30.7 Å². The lowest BCUT2D eigenvalue weighted by Gasteiger charge is -2.32. The van der Waals surface area contributed by atoms with E-state index in [0.29, 0.717) is 48.9 Å². The van der Waals surface area contributed by atoms with Crippen molar-refractivity contribution in [2.75, 3.05) is 24.5 Å². The monoisotopic (exact) mass is 508 g/mol. The highest BCUT2D eigenvalue weighted by Gasteiger charge is 2.46. The van der Waals surface area contributed by atoms with E-state index in [1.165, 1.54) is 17.0 Å². The van der Waals surface area contributed by atoms with Gasteiger partial charge in [-0.2, -0.15) is 0 Å². The molecule has 2 aliphatic heterocycles. The zero-order chi connectivity index (χ0) is 25.4. The number of rotatable bonds is 5. The standard InChI is InChI=1S/C26H28N4O5S/c1-2-27-26(33)29-15-13-17(14-16-29)28-36(34,35)23-12-11-22(18-7-3-4-8-19(18)23)30-24(31)20-9-5-6-10-21(20)25(30)32/h3-12,17,20-21,28H,2,13-16H2,1H3,(H,27,33). The second-order valence-electron chi connectivity index (χ2n) is 9.18. The summed E-state index contributed by atoms with van der Waals surface area (Å²) in [6.45, 7) is 3.31. The number of nitrogens with zero attached hydrogens (tertiary/aromatic N) is 2. The Labute approximate surface area is 209 Å². The van der Waals surface area contributed by atoms with E-state index in [0.717, 1.165) is 0 Å². The van der Waals surface area contributed by atoms with Gasteiger partial charge in [-0.1, -0.05) is 48.6 Å². The van der Waals surface area contributed by atoms with E-state index in [1.54, 1.807) is 53.5 Å². The number of fused-ring (bicyclic) bond motifs is 2. The van der Waals surface area contributed by atoms with E-state index in [4.69, 9.17) is 0 Å². The van der Waals surface area contributed by atoms with E-state index in [1.807, 2.05) is 6.92 Å². The average molecular weight is 509 g/mol. The zero-order valence-electron chi connectivity index (χ0n) is 19.9. The Kier molecular flexibility index (Phi) is 6.40. The Bertz CT molecular complexity index is 1360. The molecule has 1 aliphatic carbocycles. The Hall–Kier alpha value is -3.50. The Morgan fingerprint density at radius 1 is 0.944 bits per heavy atom. The molecule has 0 aromatic heterocycles. The number of benzene rings is 2. The van der Waals surface area contributed by atoms with Crippen molar-refractivity contribution in [1.82, 2.24) is 14.9 Å². The van der Waals surface area contributed by atoms with Gasteiger partial charge >= 0.3 is 6.03 Å². The van der Waals surface area contributed by atoms with Crippen molar-refractivity contribution in [3.8, 4) is 0 Å². The molecule has 2 heterocycles. The zero-order valence-corrected chi connectivity index (χ0v) is 20.7. The maximum Gasteiger partial charge on any atom is 0.317 e. The van der Waals surface area contributed by atoms with Crippen LogP contribution in [0, 0.1) is 11.8 Å². The van der Waals surface area contributed by atoms with Crippen LogP contribution in [0.25, 0.3) is 10.8 Å². The Balaban J connectivity index is 1.42. The SMILES string of the molecule is CCNC(=O)N1CCC(NS(=O)(=O)c2ccc(N3C(=O)C4C=CC=CC4C3=O)c3ccccc23)CC1. The van der Waals surface area contributed by atoms with Gasteiger partial charge in [-0.25, -0.2) is 22.8 Å². The summed E-state index contributed by atoms with van der Waals surface area (Å²) in [7, 11) is -3.90. The molecular weight excluding hydrogens is 480 g/mol. The highest BCUT2D eigenvalue weighted by atomic mass is 32.2. The number of urea groups is 1. The fourth-order valence-electron chi connectivity index (χ4n) is 5.15. The largest absolute Gasteiger partial charge is 0.338 e. The van der Waals surface area contributed by atoms with Crippen molar-refractivity contribution in [2.24, 2.45) is 11.8 Å². The summed E-state index contributed by atoms with van der Waals surface area (Å²) < 4.78 is 29.6. The molecule has 2 fully saturated rings. The molecule has 0 radical (unpaired) electrons. The van der Waals surface area contributed by atoms with Crippen molar-refractivity contribution in [3.63, 3.8) is 0 Å². The molecule has 2 saturated heterocycles. The van der Waals surface area contributed by atoms with Crippen LogP contribution in [0.15, 0.2) is 65.6 Å². The van der Waals surface area contributed by atoms with Gasteiger partial charge in [0.15, 0.2) is 0 Å². The summed E-state index contributed by atoms with van der Waals surface area (Å²) in [5.41, 5.74) is 0.381. The highest BCUT2D eigenvalue weighted by Crippen LogP contribution is 2.39. The molecule has 188 valence electrons. The first kappa shape index (κ1) is 24.2. The Morgan fingerprint density at radius 2 is 1.56 bits per heavy atom. The molecule has 4 amide bonds. The minimum atomic E-state index is -3.90. The first-order valence-electron chi connectivity index (χ1n) is 12.1. The number of nitrogens with one attached hydrogen (secondary N) is 2. The Morgan fingerprint density at radius 3 is 2.17 bits per heavy atom. The second-order valence-corrected chi connectivity index (χ2v) is 10.9. The van der Waals surface area contributed by atoms with Crippen LogP contribution in [0.5, 0.6) is 0 Å². The number of amides is 4. The molecular formula is C26H28N4O5S. The van der Waals surface area contributed by atoms with E-state index in [9.17, 15) is 22.8 Å². The van der Waals surface area contributed by atoms with E-state index in [-0.39, 0.29) is 28.8 Å². The summed E-state index contributed by atoms with van der Waals surface area (Å²) in [6, 6.07) is 9.44. The van der Waals surface area contributed by atoms with Gasteiger partial charge in [-0.3, -0.25) is 9.59 Å². The summed E-state index contributed by atoms with van der Waals surface area (Å²) in [4.78, 5) is 41.2. The molecule has 5 rings (SSSR count). The third-order valence-corrected chi connectivity index (χ3v) is 8.55. The molecule has 36 heavy (non-hydrogen) atoms. The van der Waals surface area contributed by atoms with E-state index in [2.05, 4.69) is 10.0 Å². The molecule has 2 unspecified atom stereocenters. The molecule has 2 N–H and O–H groups in total. The van der Waals surface area contributed by atoms with Crippen LogP contribution in [0.1, 0.15) is 19.8 Å². The number of carbonyl (C=O) groups is 3. The van der Waals surface area contributed by atoms with Crippen LogP contribution >= 0.6 is 0 Å². The first-order chi connectivity index (χ1) is 17.3. The number of anilines is 1. The van der Waals surface area contributed by atoms with E-state index >= 15 is 0 Å². The molecule has 0 spiro atoms. The predicted octanol–water partition coefficient (Wildman–Crippen LogP) is 2.54. The fraction of sp³-hybridized carbons (Fsp3) is 0.346. The number of piperidine rings is 1. The summed E-state index contributed by atoms with van der Waals surface area (Å²) in [5.74, 6) is -1.72. The first-order valence-corrected chi connectivity index (χ1v) is 13.6. The third-order valence-electron chi connectivity index (χ3n) is 6.97. The van der Waals surface area contributed by atoms with Crippen molar-refractivity contribution in [3.05, 3.63) is 60.7 Å². The second kappa shape index (κ2) is 9.51. The number of hydrogen-bond acceptors (Lipinski definition) is 5. The van der Waals surface area contributed by atoms with Crippen LogP contribution in [0.2, 0.25) is 0 Å². The van der Waals surface area contributed by atoms with E-state index < -0.39 is 21.9 Å². The van der Waals surface area contributed by atoms with Crippen molar-refractivity contribution < 1.29 is 22.8 Å². The van der Waals surface area contributed by atoms with Gasteiger partial charge in [0.1, 0.15) is 0 Å². The number of likely N-dealkylation sites (tertiary alicyclic amines) is 1. The number of hydrogen-bond donors (Lipinski definition) is 2. The van der Waals surface area contributed by atoms with Gasteiger partial charge in [-0.05, 0) is 31.9 Å². The summed E-state index contributed by atoms with van der Waals surface area (Å²) in [5, 5.41) is 3.71. The predicted molar refractivity (Wildman–Crippen MR) is 136 cm³/mol. The third kappa shape index (κ3) is 4.20. The smallest absolute Gasteiger partial charge is 0.317 e. The van der Waals surface area contributed by atoms with Gasteiger partial charge in [0.2, 0.25) is 21.8 Å². The molecule has 0 saturated carbocycles. The normalized spacial score (nSPS) is 22.4. The molecule has 9 nitrogen and oxygen atoms in total. The maximum absolute atomic E-state index is 13.4. The topological polar surface area (TPSA) is 116 Å². The lowest BCUT2D eigenvalue weighted by Crippen LogP contribution is -2.49. The average Bonchev–Trinajstić information content (AvgIpc) is 3.13. The molecule has 2 aromatic carbocycles. The van der Waals surface area contributed by atoms with Gasteiger partial charge < -0.3 is 10.2 Å². The van der Waals surface area contributed by atoms with Crippen LogP contribution < -0.4 is 14.9 Å². The van der Waals surface area contributed by atoms with Crippen molar-refractivity contribution >= 4 is 44.3 Å². The quantitative estimate of drug-likeness (QED) is 0.603. The lowest BCUT2D eigenvalue weighted by molar-refractivity contribution is -0.122. The van der Waals surface area contributed by atoms with Crippen molar-refractivity contribution in [1.29, 1.82) is 0 Å². The summed E-state index contributed by atoms with van der Waals surface area (Å²) >= 11 is 0. The lowest BCUT2D eigenvalue weighted by atomic mass is 9.91. The van der Waals surface area contributed by atoms with Crippen LogP contribution in [-0.4, -0.2) is 56.8 Å². The van der Waals surface area contributed by atoms with Crippen LogP contribution in [-0.2, 0) is 19.6 Å². The minimum Gasteiger partial charge on any atom is -0.338 e. The van der Waals surface area contributed by atoms with Gasteiger partial charge in [0.25, 0.3) is 0 Å². The summed E-state index contributed by atoms with van der Waals surface area (Å²) in [6.07, 6.45) is 7.99. The number of imide groups is 1. The molecule has 2 aromatic rings. The molecule has 2 atom stereocenters. The molecule has 10 heteroatoms. The maximum atomic E-state index is 13.4. The molecule has 3 aliphatic rings. The highest BCUT2D eigenvalue weighted by molar-refractivity contribution is 7.89. The van der Waals surface area contributed by atoms with Crippen LogP contribution in [0.4, 0.5) is 10.5 Å². The fourth-order valence-corrected chi connectivity index (χ4v) is 6.67. The number of sulfonamides is 1. The van der Waals surface area contributed by atoms with Crippen LogP contribution in [0.3, 0.4) is 0 Å². The number of carbonyl (C=O) groups excluding carboxylic acids is 3. The minimum absolute atomic E-state index is 0.0873. The van der Waals surface area contributed by atoms with Gasteiger partial charge in [0.05, 0.1) is 22.4 Å². The molecule has 0 bridgehead atoms. The van der Waals surface area contributed by atoms with Gasteiger partial charge in [-0.15, -0.1) is 0 Å². The van der Waals surface area contributed by atoms with Gasteiger partial charge in [0, 0.05) is 36.4 Å².